The summed E-state index contributed by atoms with van der Waals surface area (Å²) in [5, 5.41) is 0. The molecule has 1 aromatic heterocycles. The Morgan fingerprint density at radius 1 is 1.44 bits per heavy atom. The van der Waals surface area contributed by atoms with Gasteiger partial charge in [-0.2, -0.15) is 0 Å². The number of likely N-dealkylation sites (tertiary alicyclic amines) is 1. The normalized spacial score (nSPS) is 31.2. The van der Waals surface area contributed by atoms with Gasteiger partial charge in [0.25, 0.3) is 5.88 Å². The van der Waals surface area contributed by atoms with Crippen LogP contribution in [0.3, 0.4) is 0 Å². The Kier molecular flexibility index (Phi) is 4.70. The summed E-state index contributed by atoms with van der Waals surface area (Å²) >= 11 is 0. The van der Waals surface area contributed by atoms with Crippen molar-refractivity contribution in [2.45, 2.75) is 50.4 Å². The highest BCUT2D eigenvalue weighted by molar-refractivity contribution is 5.77. The lowest BCUT2D eigenvalue weighted by Crippen LogP contribution is -2.44. The molecule has 0 N–H and O–H groups in total. The van der Waals surface area contributed by atoms with Gasteiger partial charge < -0.3 is 14.4 Å². The molecule has 0 bridgehead atoms. The van der Waals surface area contributed by atoms with Crippen molar-refractivity contribution in [2.24, 2.45) is 5.92 Å². The number of hydrogen-bond acceptors (Lipinski definition) is 4. The molecule has 0 spiro atoms. The summed E-state index contributed by atoms with van der Waals surface area (Å²) in [7, 11) is 0. The molecule has 4 atom stereocenters. The molecule has 3 aliphatic rings. The summed E-state index contributed by atoms with van der Waals surface area (Å²) < 4.78 is 25.6. The van der Waals surface area contributed by atoms with Crippen LogP contribution in [0.1, 0.15) is 32.1 Å². The summed E-state index contributed by atoms with van der Waals surface area (Å²) in [5.74, 6) is -0.0301. The van der Waals surface area contributed by atoms with Gasteiger partial charge in [0.1, 0.15) is 12.2 Å². The minimum absolute atomic E-state index is 0.0170. The molecule has 0 saturated carbocycles. The van der Waals surface area contributed by atoms with E-state index < -0.39 is 5.82 Å². The maximum Gasteiger partial charge on any atom is 0.250 e. The minimum atomic E-state index is -0.490. The molecule has 25 heavy (non-hydrogen) atoms. The summed E-state index contributed by atoms with van der Waals surface area (Å²) in [6, 6.07) is 2.87. The van der Waals surface area contributed by atoms with Crippen LogP contribution in [0.4, 0.5) is 4.39 Å². The maximum atomic E-state index is 13.9. The first-order valence-corrected chi connectivity index (χ1v) is 9.07. The number of carbonyl (C=O) groups is 1. The predicted octanol–water partition coefficient (Wildman–Crippen LogP) is 2.71. The third kappa shape index (κ3) is 3.40. The predicted molar refractivity (Wildman–Crippen MR) is 89.6 cm³/mol. The van der Waals surface area contributed by atoms with E-state index in [-0.39, 0.29) is 30.0 Å². The number of allylic oxidation sites excluding steroid dienone is 2. The van der Waals surface area contributed by atoms with Gasteiger partial charge in [-0.25, -0.2) is 9.37 Å². The van der Waals surface area contributed by atoms with Crippen molar-refractivity contribution in [1.82, 2.24) is 9.88 Å². The van der Waals surface area contributed by atoms with E-state index >= 15 is 0 Å². The van der Waals surface area contributed by atoms with E-state index in [1.54, 1.807) is 0 Å². The van der Waals surface area contributed by atoms with Crippen LogP contribution >= 0.6 is 0 Å². The summed E-state index contributed by atoms with van der Waals surface area (Å²) in [4.78, 5) is 18.7. The molecule has 1 aliphatic carbocycles. The molecular weight excluding hydrogens is 323 g/mol. The number of amides is 1. The zero-order valence-corrected chi connectivity index (χ0v) is 14.1. The van der Waals surface area contributed by atoms with Crippen LogP contribution in [0.15, 0.2) is 30.5 Å². The maximum absolute atomic E-state index is 13.9. The van der Waals surface area contributed by atoms with Crippen LogP contribution in [0.25, 0.3) is 0 Å². The lowest BCUT2D eigenvalue weighted by Gasteiger charge is -2.32. The average Bonchev–Trinajstić information content (AvgIpc) is 3.25. The summed E-state index contributed by atoms with van der Waals surface area (Å²) in [5.41, 5.74) is 0. The second kappa shape index (κ2) is 7.12. The van der Waals surface area contributed by atoms with Crippen molar-refractivity contribution in [3.63, 3.8) is 0 Å². The zero-order chi connectivity index (χ0) is 17.2. The van der Waals surface area contributed by atoms with E-state index in [4.69, 9.17) is 9.47 Å². The number of ether oxygens (including phenoxy) is 2. The van der Waals surface area contributed by atoms with Gasteiger partial charge in [0.15, 0.2) is 5.82 Å². The van der Waals surface area contributed by atoms with Crippen LogP contribution in [-0.4, -0.2) is 47.2 Å². The van der Waals surface area contributed by atoms with Crippen LogP contribution in [0.2, 0.25) is 0 Å². The van der Waals surface area contributed by atoms with E-state index in [2.05, 4.69) is 17.1 Å². The third-order valence-corrected chi connectivity index (χ3v) is 5.33. The number of carbonyl (C=O) groups excluding carboxylic acids is 1. The number of hydrogen-bond donors (Lipinski definition) is 0. The molecule has 2 fully saturated rings. The van der Waals surface area contributed by atoms with E-state index in [0.717, 1.165) is 25.7 Å². The first kappa shape index (κ1) is 16.5. The lowest BCUT2D eigenvalue weighted by atomic mass is 10.0. The Morgan fingerprint density at radius 3 is 3.16 bits per heavy atom. The smallest absolute Gasteiger partial charge is 0.250 e. The molecule has 3 heterocycles. The van der Waals surface area contributed by atoms with Crippen molar-refractivity contribution in [3.05, 3.63) is 36.3 Å². The number of aromatic nitrogens is 1. The monoisotopic (exact) mass is 346 g/mol. The highest BCUT2D eigenvalue weighted by Gasteiger charge is 2.47. The van der Waals surface area contributed by atoms with Crippen LogP contribution in [-0.2, 0) is 9.53 Å². The van der Waals surface area contributed by atoms with E-state index in [0.29, 0.717) is 25.5 Å². The Balaban J connectivity index is 1.48. The fourth-order valence-corrected chi connectivity index (χ4v) is 4.11. The number of nitrogens with zero attached hydrogens (tertiary/aromatic N) is 2. The number of halogens is 1. The standard InChI is InChI=1S/C19H23FN2O3/c20-14-7-3-9-21-19(14)25-16-12-22(15-8-4-10-24-18(15)16)17(23)11-13-5-1-2-6-13/h1,3,5,7,9,13,15-16,18H,2,4,6,8,10-12H2/t13-,15+,16+,18-/m0/s1. The van der Waals surface area contributed by atoms with Gasteiger partial charge in [-0.05, 0) is 43.7 Å². The molecule has 2 saturated heterocycles. The second-order valence-electron chi connectivity index (χ2n) is 7.01. The number of pyridine rings is 1. The Morgan fingerprint density at radius 2 is 2.36 bits per heavy atom. The molecular formula is C19H23FN2O3. The Bertz CT molecular complexity index is 666. The zero-order valence-electron chi connectivity index (χ0n) is 14.1. The van der Waals surface area contributed by atoms with Crippen molar-refractivity contribution in [3.8, 4) is 5.88 Å². The Labute approximate surface area is 146 Å². The van der Waals surface area contributed by atoms with Gasteiger partial charge in [-0.15, -0.1) is 0 Å². The van der Waals surface area contributed by atoms with Crippen LogP contribution < -0.4 is 4.74 Å². The van der Waals surface area contributed by atoms with Gasteiger partial charge in [0.05, 0.1) is 12.6 Å². The highest BCUT2D eigenvalue weighted by atomic mass is 19.1. The molecule has 0 radical (unpaired) electrons. The van der Waals surface area contributed by atoms with E-state index in [1.807, 2.05) is 4.90 Å². The van der Waals surface area contributed by atoms with E-state index in [1.165, 1.54) is 18.3 Å². The Hall–Kier alpha value is -1.95. The molecule has 1 aromatic rings. The molecule has 0 aromatic carbocycles. The topological polar surface area (TPSA) is 51.7 Å². The fraction of sp³-hybridized carbons (Fsp3) is 0.579. The summed E-state index contributed by atoms with van der Waals surface area (Å²) in [6.45, 7) is 1.08. The van der Waals surface area contributed by atoms with Crippen molar-refractivity contribution < 1.29 is 18.7 Å². The number of fused-ring (bicyclic) bond motifs is 1. The van der Waals surface area contributed by atoms with Crippen molar-refractivity contribution >= 4 is 5.91 Å². The molecule has 134 valence electrons. The molecule has 6 heteroatoms. The molecule has 2 aliphatic heterocycles. The average molecular weight is 346 g/mol. The molecule has 4 rings (SSSR count). The van der Waals surface area contributed by atoms with E-state index in [9.17, 15) is 9.18 Å². The van der Waals surface area contributed by atoms with Gasteiger partial charge in [-0.3, -0.25) is 4.79 Å². The third-order valence-electron chi connectivity index (χ3n) is 5.33. The lowest BCUT2D eigenvalue weighted by molar-refractivity contribution is -0.135. The van der Waals surface area contributed by atoms with Gasteiger partial charge in [0, 0.05) is 19.2 Å². The van der Waals surface area contributed by atoms with Gasteiger partial charge >= 0.3 is 0 Å². The van der Waals surface area contributed by atoms with Crippen molar-refractivity contribution in [1.29, 1.82) is 0 Å². The van der Waals surface area contributed by atoms with Crippen molar-refractivity contribution in [2.75, 3.05) is 13.2 Å². The minimum Gasteiger partial charge on any atom is -0.468 e. The first-order chi connectivity index (χ1) is 12.2. The number of rotatable bonds is 4. The SMILES string of the molecule is O=C(C[C@H]1C=CCC1)N1C[C@@H](Oc2ncccc2F)[C@H]2OCCC[C@H]21. The van der Waals surface area contributed by atoms with Gasteiger partial charge in [-0.1, -0.05) is 12.2 Å². The second-order valence-corrected chi connectivity index (χ2v) is 7.01. The molecule has 1 amide bonds. The highest BCUT2D eigenvalue weighted by Crippen LogP contribution is 2.33. The molecule has 0 unspecified atom stereocenters. The van der Waals surface area contributed by atoms with Crippen LogP contribution in [0.5, 0.6) is 5.88 Å². The van der Waals surface area contributed by atoms with Crippen LogP contribution in [0, 0.1) is 11.7 Å². The largest absolute Gasteiger partial charge is 0.468 e. The first-order valence-electron chi connectivity index (χ1n) is 9.07. The fourth-order valence-electron chi connectivity index (χ4n) is 4.11. The summed E-state index contributed by atoms with van der Waals surface area (Å²) in [6.07, 6.45) is 9.66. The van der Waals surface area contributed by atoms with Gasteiger partial charge in [0.2, 0.25) is 5.91 Å². The molecule has 5 nitrogen and oxygen atoms in total. The quantitative estimate of drug-likeness (QED) is 0.787.